The van der Waals surface area contributed by atoms with Gasteiger partial charge in [-0.3, -0.25) is 4.79 Å². The van der Waals surface area contributed by atoms with Crippen LogP contribution >= 0.6 is 11.6 Å². The molecule has 0 saturated heterocycles. The van der Waals surface area contributed by atoms with Gasteiger partial charge < -0.3 is 4.57 Å². The Kier molecular flexibility index (Phi) is 4.45. The van der Waals surface area contributed by atoms with Gasteiger partial charge >= 0.3 is 0 Å². The molecule has 0 aliphatic carbocycles. The molecule has 0 aliphatic rings. The Bertz CT molecular complexity index is 1190. The molecule has 0 radical (unpaired) electrons. The molecule has 4 nitrogen and oxygen atoms in total. The number of carbonyl (C=O) groups excluding carboxylic acids is 1. The third-order valence-electron chi connectivity index (χ3n) is 4.36. The van der Waals surface area contributed by atoms with Crippen molar-refractivity contribution in [1.82, 2.24) is 9.55 Å². The summed E-state index contributed by atoms with van der Waals surface area (Å²) < 4.78 is 1.89. The van der Waals surface area contributed by atoms with Crippen LogP contribution in [0.25, 0.3) is 11.0 Å². The number of para-hydroxylation sites is 2. The van der Waals surface area contributed by atoms with Gasteiger partial charge in [-0.1, -0.05) is 35.9 Å². The normalized spacial score (nSPS) is 10.7. The minimum Gasteiger partial charge on any atom is -0.317 e. The van der Waals surface area contributed by atoms with Crippen molar-refractivity contribution in [2.75, 3.05) is 0 Å². The molecular formula is C22H14ClN3O. The number of nitrogens with zero attached hydrogens (tertiary/aromatic N) is 3. The van der Waals surface area contributed by atoms with E-state index >= 15 is 0 Å². The van der Waals surface area contributed by atoms with Crippen LogP contribution in [0.2, 0.25) is 5.02 Å². The second-order valence-corrected chi connectivity index (χ2v) is 6.59. The highest BCUT2D eigenvalue weighted by molar-refractivity contribution is 6.30. The largest absolute Gasteiger partial charge is 0.317 e. The Hall–Kier alpha value is -3.42. The molecule has 0 spiro atoms. The monoisotopic (exact) mass is 371 g/mol. The van der Waals surface area contributed by atoms with E-state index in [1.807, 2.05) is 47.0 Å². The molecule has 0 amide bonds. The zero-order valence-electron chi connectivity index (χ0n) is 14.3. The molecule has 0 unspecified atom stereocenters. The second kappa shape index (κ2) is 7.06. The van der Waals surface area contributed by atoms with Gasteiger partial charge in [0.2, 0.25) is 5.78 Å². The maximum atomic E-state index is 13.1. The first kappa shape index (κ1) is 17.0. The molecule has 4 aromatic rings. The molecule has 1 heterocycles. The SMILES string of the molecule is N#Cc1cccc(Cn2c(C(=O)c3ccc(Cl)cc3)nc3ccccc32)c1. The minimum atomic E-state index is -0.167. The average Bonchev–Trinajstić information content (AvgIpc) is 3.07. The first-order valence-corrected chi connectivity index (χ1v) is 8.78. The van der Waals surface area contributed by atoms with Gasteiger partial charge in [-0.25, -0.2) is 4.98 Å². The Labute approximate surface area is 161 Å². The lowest BCUT2D eigenvalue weighted by atomic mass is 10.1. The molecule has 5 heteroatoms. The fraction of sp³-hybridized carbons (Fsp3) is 0.0455. The highest BCUT2D eigenvalue weighted by Crippen LogP contribution is 2.21. The van der Waals surface area contributed by atoms with Crippen LogP contribution in [0, 0.1) is 11.3 Å². The zero-order valence-corrected chi connectivity index (χ0v) is 15.0. The second-order valence-electron chi connectivity index (χ2n) is 6.16. The number of nitriles is 1. The van der Waals surface area contributed by atoms with Gasteiger partial charge in [-0.2, -0.15) is 5.26 Å². The zero-order chi connectivity index (χ0) is 18.8. The molecule has 27 heavy (non-hydrogen) atoms. The summed E-state index contributed by atoms with van der Waals surface area (Å²) >= 11 is 5.94. The van der Waals surface area contributed by atoms with E-state index in [2.05, 4.69) is 11.1 Å². The summed E-state index contributed by atoms with van der Waals surface area (Å²) in [6, 6.07) is 23.9. The van der Waals surface area contributed by atoms with Crippen LogP contribution in [0.1, 0.15) is 27.3 Å². The van der Waals surface area contributed by atoms with Crippen molar-refractivity contribution in [3.8, 4) is 6.07 Å². The number of ketones is 1. The summed E-state index contributed by atoms with van der Waals surface area (Å²) in [5, 5.41) is 9.72. The maximum absolute atomic E-state index is 13.1. The molecule has 4 rings (SSSR count). The standard InChI is InChI=1S/C22H14ClN3O/c23-18-10-8-17(9-11-18)21(27)22-25-19-6-1-2-7-20(19)26(22)14-16-5-3-4-15(12-16)13-24/h1-12H,14H2. The third-order valence-corrected chi connectivity index (χ3v) is 4.61. The lowest BCUT2D eigenvalue weighted by molar-refractivity contribution is 0.102. The van der Waals surface area contributed by atoms with Crippen LogP contribution in [-0.4, -0.2) is 15.3 Å². The highest BCUT2D eigenvalue weighted by Gasteiger charge is 2.19. The Morgan fingerprint density at radius 1 is 1.04 bits per heavy atom. The van der Waals surface area contributed by atoms with E-state index in [9.17, 15) is 4.79 Å². The molecule has 1 aromatic heterocycles. The van der Waals surface area contributed by atoms with Gasteiger partial charge in [0.25, 0.3) is 0 Å². The van der Waals surface area contributed by atoms with Crippen molar-refractivity contribution in [1.29, 1.82) is 5.26 Å². The van der Waals surface area contributed by atoms with Gasteiger partial charge in [-0.15, -0.1) is 0 Å². The summed E-state index contributed by atoms with van der Waals surface area (Å²) in [5.41, 5.74) is 3.68. The number of halogens is 1. The van der Waals surface area contributed by atoms with Crippen molar-refractivity contribution >= 4 is 28.4 Å². The van der Waals surface area contributed by atoms with Gasteiger partial charge in [0, 0.05) is 17.1 Å². The number of benzene rings is 3. The van der Waals surface area contributed by atoms with Crippen LogP contribution in [-0.2, 0) is 6.54 Å². The van der Waals surface area contributed by atoms with Crippen molar-refractivity contribution in [3.63, 3.8) is 0 Å². The van der Waals surface area contributed by atoms with E-state index < -0.39 is 0 Å². The van der Waals surface area contributed by atoms with Gasteiger partial charge in [0.1, 0.15) is 0 Å². The van der Waals surface area contributed by atoms with Crippen LogP contribution in [0.5, 0.6) is 0 Å². The lowest BCUT2D eigenvalue weighted by Crippen LogP contribution is -2.12. The predicted octanol–water partition coefficient (Wildman–Crippen LogP) is 4.84. The Morgan fingerprint density at radius 3 is 2.59 bits per heavy atom. The predicted molar refractivity (Wildman–Crippen MR) is 105 cm³/mol. The van der Waals surface area contributed by atoms with Crippen molar-refractivity contribution in [3.05, 3.63) is 100 Å². The maximum Gasteiger partial charge on any atom is 0.228 e. The van der Waals surface area contributed by atoms with E-state index in [1.54, 1.807) is 30.3 Å². The lowest BCUT2D eigenvalue weighted by Gasteiger charge is -2.09. The van der Waals surface area contributed by atoms with Crippen LogP contribution < -0.4 is 0 Å². The summed E-state index contributed by atoms with van der Waals surface area (Å²) in [6.07, 6.45) is 0. The number of carbonyl (C=O) groups is 1. The smallest absolute Gasteiger partial charge is 0.228 e. The van der Waals surface area contributed by atoms with Crippen molar-refractivity contribution in [2.45, 2.75) is 6.54 Å². The molecular weight excluding hydrogens is 358 g/mol. The molecule has 0 bridgehead atoms. The van der Waals surface area contributed by atoms with Crippen LogP contribution in [0.4, 0.5) is 0 Å². The summed E-state index contributed by atoms with van der Waals surface area (Å²) in [7, 11) is 0. The highest BCUT2D eigenvalue weighted by atomic mass is 35.5. The fourth-order valence-electron chi connectivity index (χ4n) is 3.06. The van der Waals surface area contributed by atoms with Crippen molar-refractivity contribution in [2.24, 2.45) is 0 Å². The van der Waals surface area contributed by atoms with Crippen molar-refractivity contribution < 1.29 is 4.79 Å². The summed E-state index contributed by atoms with van der Waals surface area (Å²) in [5.74, 6) is 0.195. The molecule has 0 saturated carbocycles. The number of fused-ring (bicyclic) bond motifs is 1. The summed E-state index contributed by atoms with van der Waals surface area (Å²) in [6.45, 7) is 0.449. The number of hydrogen-bond acceptors (Lipinski definition) is 3. The molecule has 0 N–H and O–H groups in total. The van der Waals surface area contributed by atoms with Gasteiger partial charge in [-0.05, 0) is 54.1 Å². The molecule has 3 aromatic carbocycles. The first-order valence-electron chi connectivity index (χ1n) is 8.40. The number of aromatic nitrogens is 2. The van der Waals surface area contributed by atoms with E-state index in [4.69, 9.17) is 16.9 Å². The Balaban J connectivity index is 1.83. The number of imidazole rings is 1. The van der Waals surface area contributed by atoms with E-state index in [0.29, 0.717) is 28.5 Å². The van der Waals surface area contributed by atoms with Gasteiger partial charge in [0.15, 0.2) is 5.82 Å². The Morgan fingerprint density at radius 2 is 1.81 bits per heavy atom. The molecule has 130 valence electrons. The number of rotatable bonds is 4. The van der Waals surface area contributed by atoms with E-state index in [-0.39, 0.29) is 5.78 Å². The molecule has 0 atom stereocenters. The fourth-order valence-corrected chi connectivity index (χ4v) is 3.19. The number of hydrogen-bond donors (Lipinski definition) is 0. The first-order chi connectivity index (χ1) is 13.2. The third kappa shape index (κ3) is 3.33. The summed E-state index contributed by atoms with van der Waals surface area (Å²) in [4.78, 5) is 17.6. The van der Waals surface area contributed by atoms with E-state index in [1.165, 1.54) is 0 Å². The minimum absolute atomic E-state index is 0.167. The molecule has 0 aliphatic heterocycles. The van der Waals surface area contributed by atoms with Crippen LogP contribution in [0.15, 0.2) is 72.8 Å². The van der Waals surface area contributed by atoms with Gasteiger partial charge in [0.05, 0.1) is 22.7 Å². The average molecular weight is 372 g/mol. The molecule has 0 fully saturated rings. The van der Waals surface area contributed by atoms with Crippen LogP contribution in [0.3, 0.4) is 0 Å². The quantitative estimate of drug-likeness (QED) is 0.482. The van der Waals surface area contributed by atoms with E-state index in [0.717, 1.165) is 16.6 Å². The topological polar surface area (TPSA) is 58.7 Å².